The minimum absolute atomic E-state index is 0.147. The average Bonchev–Trinajstić information content (AvgIpc) is 2.62. The molecule has 1 heterocycles. The second-order valence-corrected chi connectivity index (χ2v) is 7.04. The Balaban J connectivity index is 2.09. The first-order chi connectivity index (χ1) is 8.65. The predicted molar refractivity (Wildman–Crippen MR) is 87.7 cm³/mol. The summed E-state index contributed by atoms with van der Waals surface area (Å²) < 4.78 is 1.44. The van der Waals surface area contributed by atoms with Crippen LogP contribution in [0.4, 0.5) is 0 Å². The van der Waals surface area contributed by atoms with E-state index in [2.05, 4.69) is 45.2 Å². The average molecular weight is 469 g/mol. The fourth-order valence-electron chi connectivity index (χ4n) is 1.99. The Morgan fingerprint density at radius 3 is 2.17 bits per heavy atom. The number of rotatable bonds is 5. The standard InChI is InChI=1S/C13H13I2NO2/c14-7-3-4-9(15)8-16-12(17)10-5-1-2-6-11(10)13(16)18/h1-2,5-6,9H,3-4,7-8H2. The van der Waals surface area contributed by atoms with Gasteiger partial charge < -0.3 is 0 Å². The molecule has 0 N–H and O–H groups in total. The summed E-state index contributed by atoms with van der Waals surface area (Å²) in [4.78, 5) is 25.6. The number of nitrogens with zero attached hydrogens (tertiary/aromatic N) is 1. The molecular weight excluding hydrogens is 456 g/mol. The highest BCUT2D eigenvalue weighted by molar-refractivity contribution is 14.1. The molecule has 1 aromatic rings. The van der Waals surface area contributed by atoms with Gasteiger partial charge in [0.2, 0.25) is 0 Å². The van der Waals surface area contributed by atoms with Crippen molar-refractivity contribution in [1.29, 1.82) is 0 Å². The fourth-order valence-corrected chi connectivity index (χ4v) is 3.27. The number of alkyl halides is 2. The summed E-state index contributed by atoms with van der Waals surface area (Å²) in [5, 5.41) is 0. The van der Waals surface area contributed by atoms with Crippen LogP contribution in [0, 0.1) is 0 Å². The summed E-state index contributed by atoms with van der Waals surface area (Å²) in [5.41, 5.74) is 1.08. The predicted octanol–water partition coefficient (Wildman–Crippen LogP) is 3.30. The van der Waals surface area contributed by atoms with Crippen molar-refractivity contribution >= 4 is 57.0 Å². The minimum Gasteiger partial charge on any atom is -0.273 e. The number of hydrogen-bond donors (Lipinski definition) is 0. The van der Waals surface area contributed by atoms with Crippen LogP contribution in [0.2, 0.25) is 0 Å². The van der Waals surface area contributed by atoms with Gasteiger partial charge in [-0.15, -0.1) is 0 Å². The molecule has 0 bridgehead atoms. The molecule has 1 aliphatic heterocycles. The van der Waals surface area contributed by atoms with Crippen molar-refractivity contribution < 1.29 is 9.59 Å². The van der Waals surface area contributed by atoms with Crippen LogP contribution in [0.15, 0.2) is 24.3 Å². The molecule has 0 saturated heterocycles. The van der Waals surface area contributed by atoms with Crippen LogP contribution in [0.3, 0.4) is 0 Å². The van der Waals surface area contributed by atoms with E-state index in [1.807, 2.05) is 0 Å². The van der Waals surface area contributed by atoms with Crippen molar-refractivity contribution in [3.63, 3.8) is 0 Å². The number of imide groups is 1. The molecule has 1 unspecified atom stereocenters. The van der Waals surface area contributed by atoms with E-state index in [0.717, 1.165) is 17.3 Å². The topological polar surface area (TPSA) is 37.4 Å². The van der Waals surface area contributed by atoms with E-state index >= 15 is 0 Å². The van der Waals surface area contributed by atoms with Crippen molar-refractivity contribution in [2.24, 2.45) is 0 Å². The van der Waals surface area contributed by atoms with Crippen molar-refractivity contribution in [2.45, 2.75) is 16.8 Å². The van der Waals surface area contributed by atoms with Crippen molar-refractivity contribution in [3.8, 4) is 0 Å². The second-order valence-electron chi connectivity index (χ2n) is 4.19. The molecule has 2 rings (SSSR count). The number of carbonyl (C=O) groups is 2. The van der Waals surface area contributed by atoms with E-state index in [9.17, 15) is 9.59 Å². The molecule has 0 saturated carbocycles. The van der Waals surface area contributed by atoms with Crippen LogP contribution >= 0.6 is 45.2 Å². The van der Waals surface area contributed by atoms with E-state index in [4.69, 9.17) is 0 Å². The van der Waals surface area contributed by atoms with Crippen molar-refractivity contribution in [1.82, 2.24) is 4.90 Å². The molecule has 0 radical (unpaired) electrons. The first-order valence-electron chi connectivity index (χ1n) is 5.80. The maximum atomic E-state index is 12.1. The summed E-state index contributed by atoms with van der Waals surface area (Å²) in [6, 6.07) is 7.04. The maximum absolute atomic E-state index is 12.1. The molecule has 2 amide bonds. The molecule has 0 spiro atoms. The number of amides is 2. The largest absolute Gasteiger partial charge is 0.273 e. The number of hydrogen-bond acceptors (Lipinski definition) is 2. The van der Waals surface area contributed by atoms with Crippen LogP contribution in [0.25, 0.3) is 0 Å². The smallest absolute Gasteiger partial charge is 0.261 e. The zero-order valence-corrected chi connectivity index (χ0v) is 14.0. The van der Waals surface area contributed by atoms with Gasteiger partial charge in [-0.2, -0.15) is 0 Å². The Bertz CT molecular complexity index is 441. The van der Waals surface area contributed by atoms with E-state index in [1.54, 1.807) is 24.3 Å². The van der Waals surface area contributed by atoms with Crippen LogP contribution < -0.4 is 0 Å². The molecule has 5 heteroatoms. The number of fused-ring (bicyclic) bond motifs is 1. The summed E-state index contributed by atoms with van der Waals surface area (Å²) >= 11 is 4.67. The first-order valence-corrected chi connectivity index (χ1v) is 8.57. The highest BCUT2D eigenvalue weighted by atomic mass is 127. The van der Waals surface area contributed by atoms with Crippen LogP contribution in [-0.2, 0) is 0 Å². The number of carbonyl (C=O) groups excluding carboxylic acids is 2. The zero-order chi connectivity index (χ0) is 13.1. The van der Waals surface area contributed by atoms with Gasteiger partial charge in [-0.25, -0.2) is 0 Å². The lowest BCUT2D eigenvalue weighted by Gasteiger charge is -2.17. The van der Waals surface area contributed by atoms with Crippen LogP contribution in [-0.4, -0.2) is 31.6 Å². The van der Waals surface area contributed by atoms with E-state index < -0.39 is 0 Å². The molecule has 1 aliphatic rings. The third kappa shape index (κ3) is 2.87. The lowest BCUT2D eigenvalue weighted by Crippen LogP contribution is -2.34. The Morgan fingerprint density at radius 2 is 1.67 bits per heavy atom. The van der Waals surface area contributed by atoms with Gasteiger partial charge in [-0.05, 0) is 29.4 Å². The van der Waals surface area contributed by atoms with Gasteiger partial charge in [0.25, 0.3) is 11.8 Å². The van der Waals surface area contributed by atoms with Crippen LogP contribution in [0.1, 0.15) is 33.6 Å². The Hall–Kier alpha value is -0.180. The minimum atomic E-state index is -0.147. The van der Waals surface area contributed by atoms with Gasteiger partial charge in [-0.1, -0.05) is 57.3 Å². The van der Waals surface area contributed by atoms with Gasteiger partial charge >= 0.3 is 0 Å². The molecule has 0 fully saturated rings. The van der Waals surface area contributed by atoms with Gasteiger partial charge in [0.15, 0.2) is 0 Å². The third-order valence-corrected chi connectivity index (χ3v) is 4.69. The summed E-state index contributed by atoms with van der Waals surface area (Å²) in [6.07, 6.45) is 2.16. The summed E-state index contributed by atoms with van der Waals surface area (Å²) in [7, 11) is 0. The summed E-state index contributed by atoms with van der Waals surface area (Å²) in [5.74, 6) is -0.293. The first kappa shape index (κ1) is 14.2. The SMILES string of the molecule is O=C1c2ccccc2C(=O)N1CC(I)CCCI. The van der Waals surface area contributed by atoms with Gasteiger partial charge in [0, 0.05) is 10.5 Å². The maximum Gasteiger partial charge on any atom is 0.261 e. The molecule has 0 aromatic heterocycles. The highest BCUT2D eigenvalue weighted by Gasteiger charge is 2.35. The Kier molecular flexibility index (Phi) is 4.99. The van der Waals surface area contributed by atoms with E-state index in [-0.39, 0.29) is 11.8 Å². The van der Waals surface area contributed by atoms with Gasteiger partial charge in [0.05, 0.1) is 11.1 Å². The van der Waals surface area contributed by atoms with E-state index in [0.29, 0.717) is 21.6 Å². The lowest BCUT2D eigenvalue weighted by molar-refractivity contribution is 0.0655. The third-order valence-electron chi connectivity index (χ3n) is 2.91. The Morgan fingerprint density at radius 1 is 1.11 bits per heavy atom. The molecular formula is C13H13I2NO2. The molecule has 18 heavy (non-hydrogen) atoms. The molecule has 3 nitrogen and oxygen atoms in total. The number of benzene rings is 1. The van der Waals surface area contributed by atoms with Gasteiger partial charge in [-0.3, -0.25) is 14.5 Å². The molecule has 1 atom stereocenters. The second kappa shape index (κ2) is 6.31. The highest BCUT2D eigenvalue weighted by Crippen LogP contribution is 2.24. The molecule has 96 valence electrons. The van der Waals surface area contributed by atoms with Crippen molar-refractivity contribution in [2.75, 3.05) is 11.0 Å². The normalized spacial score (nSPS) is 16.0. The molecule has 0 aliphatic carbocycles. The quantitative estimate of drug-likeness (QED) is 0.378. The monoisotopic (exact) mass is 469 g/mol. The number of halogens is 2. The van der Waals surface area contributed by atoms with Crippen molar-refractivity contribution in [3.05, 3.63) is 35.4 Å². The summed E-state index contributed by atoms with van der Waals surface area (Å²) in [6.45, 7) is 0.517. The Labute approximate surface area is 134 Å². The van der Waals surface area contributed by atoms with Gasteiger partial charge in [0.1, 0.15) is 0 Å². The molecule has 1 aromatic carbocycles. The zero-order valence-electron chi connectivity index (χ0n) is 9.73. The lowest BCUT2D eigenvalue weighted by atomic mass is 10.1. The van der Waals surface area contributed by atoms with Crippen LogP contribution in [0.5, 0.6) is 0 Å². The van der Waals surface area contributed by atoms with E-state index in [1.165, 1.54) is 4.90 Å². The fraction of sp³-hybridized carbons (Fsp3) is 0.385.